The third-order valence-corrected chi connectivity index (χ3v) is 2.59. The molecule has 1 aromatic heterocycles. The molecule has 2 aromatic rings. The van der Waals surface area contributed by atoms with Gasteiger partial charge in [0.2, 0.25) is 0 Å². The lowest BCUT2D eigenvalue weighted by atomic mass is 10.1. The molecule has 18 heavy (non-hydrogen) atoms. The first-order valence-electron chi connectivity index (χ1n) is 5.29. The van der Waals surface area contributed by atoms with Gasteiger partial charge in [-0.15, -0.1) is 12.6 Å². The van der Waals surface area contributed by atoms with Gasteiger partial charge in [-0.25, -0.2) is 4.79 Å². The highest BCUT2D eigenvalue weighted by Crippen LogP contribution is 2.28. The van der Waals surface area contributed by atoms with E-state index in [1.54, 1.807) is 18.3 Å². The highest BCUT2D eigenvalue weighted by Gasteiger charge is 2.09. The van der Waals surface area contributed by atoms with Gasteiger partial charge < -0.3 is 4.74 Å². The topological polar surface area (TPSA) is 39.2 Å². The van der Waals surface area contributed by atoms with Crippen molar-refractivity contribution in [1.82, 2.24) is 4.98 Å². The molecular formula is C14H11NO2S. The summed E-state index contributed by atoms with van der Waals surface area (Å²) in [5, 5.41) is 0. The van der Waals surface area contributed by atoms with Gasteiger partial charge in [0, 0.05) is 22.7 Å². The number of nitrogens with zero attached hydrogens (tertiary/aromatic N) is 1. The van der Waals surface area contributed by atoms with Crippen molar-refractivity contribution in [3.63, 3.8) is 0 Å². The molecule has 0 unspecified atom stereocenters. The van der Waals surface area contributed by atoms with E-state index in [0.29, 0.717) is 11.4 Å². The number of hydrogen-bond acceptors (Lipinski definition) is 4. The van der Waals surface area contributed by atoms with Crippen molar-refractivity contribution >= 4 is 18.6 Å². The molecule has 0 spiro atoms. The Hall–Kier alpha value is -2.07. The van der Waals surface area contributed by atoms with Gasteiger partial charge in [0.05, 0.1) is 0 Å². The van der Waals surface area contributed by atoms with Crippen LogP contribution in [0.5, 0.6) is 5.75 Å². The molecule has 90 valence electrons. The van der Waals surface area contributed by atoms with Crippen LogP contribution >= 0.6 is 12.6 Å². The van der Waals surface area contributed by atoms with Gasteiger partial charge in [0.1, 0.15) is 5.69 Å². The Labute approximate surface area is 111 Å². The standard InChI is InChI=1S/C14H11NO2S/c1-2-13(16)17-12-4-3-9-15-14(12)10-5-7-11(18)8-6-10/h2-9,18H,1H2. The number of carbonyl (C=O) groups is 1. The summed E-state index contributed by atoms with van der Waals surface area (Å²) < 4.78 is 5.14. The predicted molar refractivity (Wildman–Crippen MR) is 72.8 cm³/mol. The first-order valence-corrected chi connectivity index (χ1v) is 5.74. The maximum Gasteiger partial charge on any atom is 0.335 e. The van der Waals surface area contributed by atoms with E-state index in [1.807, 2.05) is 24.3 Å². The van der Waals surface area contributed by atoms with Crippen molar-refractivity contribution in [2.24, 2.45) is 0 Å². The van der Waals surface area contributed by atoms with Crippen molar-refractivity contribution in [2.75, 3.05) is 0 Å². The van der Waals surface area contributed by atoms with Crippen LogP contribution in [0, 0.1) is 0 Å². The smallest absolute Gasteiger partial charge is 0.335 e. The molecule has 0 saturated heterocycles. The van der Waals surface area contributed by atoms with E-state index in [9.17, 15) is 4.79 Å². The van der Waals surface area contributed by atoms with Crippen molar-refractivity contribution in [1.29, 1.82) is 0 Å². The number of rotatable bonds is 3. The molecule has 0 bridgehead atoms. The second-order valence-corrected chi connectivity index (χ2v) is 4.04. The Morgan fingerprint density at radius 1 is 1.28 bits per heavy atom. The third-order valence-electron chi connectivity index (χ3n) is 2.29. The number of aromatic nitrogens is 1. The van der Waals surface area contributed by atoms with Gasteiger partial charge in [-0.2, -0.15) is 0 Å². The number of hydrogen-bond donors (Lipinski definition) is 1. The maximum atomic E-state index is 11.2. The lowest BCUT2D eigenvalue weighted by molar-refractivity contribution is -0.128. The van der Waals surface area contributed by atoms with Gasteiger partial charge in [0.25, 0.3) is 0 Å². The third kappa shape index (κ3) is 2.78. The summed E-state index contributed by atoms with van der Waals surface area (Å²) in [6.07, 6.45) is 2.77. The number of ether oxygens (including phenoxy) is 1. The van der Waals surface area contributed by atoms with E-state index in [1.165, 1.54) is 0 Å². The maximum absolute atomic E-state index is 11.2. The number of thiol groups is 1. The fraction of sp³-hybridized carbons (Fsp3) is 0. The molecule has 2 rings (SSSR count). The first-order chi connectivity index (χ1) is 8.70. The summed E-state index contributed by atoms with van der Waals surface area (Å²) in [6.45, 7) is 3.37. The number of carbonyl (C=O) groups excluding carboxylic acids is 1. The Morgan fingerprint density at radius 3 is 2.67 bits per heavy atom. The predicted octanol–water partition coefficient (Wildman–Crippen LogP) is 3.13. The van der Waals surface area contributed by atoms with Crippen LogP contribution in [0.15, 0.2) is 60.1 Å². The quantitative estimate of drug-likeness (QED) is 0.521. The van der Waals surface area contributed by atoms with E-state index in [2.05, 4.69) is 24.2 Å². The van der Waals surface area contributed by atoms with Crippen molar-refractivity contribution in [2.45, 2.75) is 4.90 Å². The van der Waals surface area contributed by atoms with Crippen LogP contribution in [-0.4, -0.2) is 11.0 Å². The Morgan fingerprint density at radius 2 is 2.00 bits per heavy atom. The SMILES string of the molecule is C=CC(=O)Oc1cccnc1-c1ccc(S)cc1. The highest BCUT2D eigenvalue weighted by atomic mass is 32.1. The Kier molecular flexibility index (Phi) is 3.79. The molecule has 4 heteroatoms. The minimum absolute atomic E-state index is 0.411. The first kappa shape index (κ1) is 12.4. The van der Waals surface area contributed by atoms with Gasteiger partial charge >= 0.3 is 5.97 Å². The average molecular weight is 257 g/mol. The largest absolute Gasteiger partial charge is 0.421 e. The fourth-order valence-corrected chi connectivity index (χ4v) is 1.61. The van der Waals surface area contributed by atoms with Crippen molar-refractivity contribution < 1.29 is 9.53 Å². The monoisotopic (exact) mass is 257 g/mol. The zero-order chi connectivity index (χ0) is 13.0. The van der Waals surface area contributed by atoms with Crippen LogP contribution in [0.1, 0.15) is 0 Å². The molecule has 0 aliphatic carbocycles. The van der Waals surface area contributed by atoms with E-state index in [4.69, 9.17) is 4.74 Å². The molecule has 0 saturated carbocycles. The normalized spacial score (nSPS) is 9.83. The molecule has 0 atom stereocenters. The fourth-order valence-electron chi connectivity index (χ4n) is 1.46. The van der Waals surface area contributed by atoms with Gasteiger partial charge in [0.15, 0.2) is 5.75 Å². The molecule has 1 aromatic carbocycles. The second kappa shape index (κ2) is 5.51. The summed E-state index contributed by atoms with van der Waals surface area (Å²) in [7, 11) is 0. The summed E-state index contributed by atoms with van der Waals surface area (Å²) in [5.41, 5.74) is 1.47. The molecule has 3 nitrogen and oxygen atoms in total. The van der Waals surface area contributed by atoms with Crippen molar-refractivity contribution in [3.8, 4) is 17.0 Å². The minimum atomic E-state index is -0.505. The Balaban J connectivity index is 2.41. The van der Waals surface area contributed by atoms with E-state index < -0.39 is 5.97 Å². The van der Waals surface area contributed by atoms with E-state index in [0.717, 1.165) is 16.5 Å². The van der Waals surface area contributed by atoms with Crippen LogP contribution in [0.3, 0.4) is 0 Å². The molecule has 0 fully saturated rings. The van der Waals surface area contributed by atoms with Crippen LogP contribution in [0.2, 0.25) is 0 Å². The Bertz CT molecular complexity index is 579. The molecule has 0 radical (unpaired) electrons. The summed E-state index contributed by atoms with van der Waals surface area (Å²) >= 11 is 4.22. The molecular weight excluding hydrogens is 246 g/mol. The molecule has 0 amide bonds. The van der Waals surface area contributed by atoms with Crippen LogP contribution in [0.25, 0.3) is 11.3 Å². The second-order valence-electron chi connectivity index (χ2n) is 3.52. The van der Waals surface area contributed by atoms with Crippen LogP contribution in [-0.2, 0) is 4.79 Å². The zero-order valence-electron chi connectivity index (χ0n) is 9.54. The minimum Gasteiger partial charge on any atom is -0.421 e. The molecule has 0 aliphatic rings. The molecule has 0 N–H and O–H groups in total. The van der Waals surface area contributed by atoms with Gasteiger partial charge in [-0.1, -0.05) is 18.7 Å². The zero-order valence-corrected chi connectivity index (χ0v) is 10.4. The average Bonchev–Trinajstić information content (AvgIpc) is 2.40. The number of benzene rings is 1. The lowest BCUT2D eigenvalue weighted by Crippen LogP contribution is -2.04. The van der Waals surface area contributed by atoms with E-state index in [-0.39, 0.29) is 0 Å². The van der Waals surface area contributed by atoms with Gasteiger partial charge in [-0.05, 0) is 24.3 Å². The van der Waals surface area contributed by atoms with Gasteiger partial charge in [-0.3, -0.25) is 4.98 Å². The number of esters is 1. The molecule has 0 aliphatic heterocycles. The summed E-state index contributed by atoms with van der Waals surface area (Å²) in [4.78, 5) is 16.3. The van der Waals surface area contributed by atoms with Crippen LogP contribution in [0.4, 0.5) is 0 Å². The summed E-state index contributed by atoms with van der Waals surface area (Å²) in [6, 6.07) is 10.9. The highest BCUT2D eigenvalue weighted by molar-refractivity contribution is 7.80. The van der Waals surface area contributed by atoms with E-state index >= 15 is 0 Å². The lowest BCUT2D eigenvalue weighted by Gasteiger charge is -2.07. The number of pyridine rings is 1. The molecule has 1 heterocycles. The van der Waals surface area contributed by atoms with Crippen molar-refractivity contribution in [3.05, 3.63) is 55.3 Å². The summed E-state index contributed by atoms with van der Waals surface area (Å²) in [5.74, 6) is -0.0932. The van der Waals surface area contributed by atoms with Crippen LogP contribution < -0.4 is 4.74 Å².